The van der Waals surface area contributed by atoms with Crippen molar-refractivity contribution in [1.29, 1.82) is 0 Å². The molecule has 3 heterocycles. The molecular formula is C20H17N5. The summed E-state index contributed by atoms with van der Waals surface area (Å²) in [5.41, 5.74) is 4.72. The molecule has 0 amide bonds. The van der Waals surface area contributed by atoms with E-state index in [4.69, 9.17) is 0 Å². The van der Waals surface area contributed by atoms with Crippen molar-refractivity contribution in [3.05, 3.63) is 71.7 Å². The standard InChI is InChI=1S/C20H17N5/c1-14-11-15(2)25-12-17(22-20(25)21-14)9-10-19-23-18(13-24(19)3)16-7-5-4-6-8-16/h4-8,11-13H,1-3H3. The summed E-state index contributed by atoms with van der Waals surface area (Å²) in [6.07, 6.45) is 3.89. The van der Waals surface area contributed by atoms with Gasteiger partial charge in [-0.3, -0.25) is 4.40 Å². The molecule has 0 aliphatic carbocycles. The lowest BCUT2D eigenvalue weighted by molar-refractivity contribution is 0.893. The Hall–Kier alpha value is -3.39. The first-order chi connectivity index (χ1) is 12.1. The minimum absolute atomic E-state index is 0.673. The van der Waals surface area contributed by atoms with Crippen molar-refractivity contribution >= 4 is 5.78 Å². The van der Waals surface area contributed by atoms with Crippen molar-refractivity contribution in [3.8, 4) is 23.1 Å². The number of aryl methyl sites for hydroxylation is 3. The topological polar surface area (TPSA) is 48.0 Å². The summed E-state index contributed by atoms with van der Waals surface area (Å²) in [5.74, 6) is 7.59. The molecule has 0 fully saturated rings. The first-order valence-electron chi connectivity index (χ1n) is 8.04. The fourth-order valence-electron chi connectivity index (χ4n) is 2.78. The van der Waals surface area contributed by atoms with Crippen LogP contribution in [0.25, 0.3) is 17.0 Å². The summed E-state index contributed by atoms with van der Waals surface area (Å²) >= 11 is 0. The lowest BCUT2D eigenvalue weighted by Crippen LogP contribution is -1.94. The van der Waals surface area contributed by atoms with E-state index in [1.165, 1.54) is 0 Å². The average molecular weight is 327 g/mol. The van der Waals surface area contributed by atoms with Crippen LogP contribution in [-0.2, 0) is 7.05 Å². The van der Waals surface area contributed by atoms with Gasteiger partial charge in [0.1, 0.15) is 5.69 Å². The van der Waals surface area contributed by atoms with Gasteiger partial charge in [-0.05, 0) is 31.8 Å². The average Bonchev–Trinajstić information content (AvgIpc) is 3.17. The van der Waals surface area contributed by atoms with Crippen molar-refractivity contribution in [1.82, 2.24) is 23.9 Å². The van der Waals surface area contributed by atoms with Gasteiger partial charge in [0.25, 0.3) is 0 Å². The van der Waals surface area contributed by atoms with Gasteiger partial charge in [-0.1, -0.05) is 30.3 Å². The second-order valence-corrected chi connectivity index (χ2v) is 6.01. The third kappa shape index (κ3) is 2.90. The Kier molecular flexibility index (Phi) is 3.58. The quantitative estimate of drug-likeness (QED) is 0.505. The Morgan fingerprint density at radius 1 is 0.920 bits per heavy atom. The maximum atomic E-state index is 4.62. The highest BCUT2D eigenvalue weighted by Gasteiger charge is 2.06. The smallest absolute Gasteiger partial charge is 0.235 e. The van der Waals surface area contributed by atoms with E-state index >= 15 is 0 Å². The normalized spacial score (nSPS) is 10.7. The Balaban J connectivity index is 1.70. The van der Waals surface area contributed by atoms with Crippen LogP contribution in [0, 0.1) is 25.7 Å². The second kappa shape index (κ2) is 5.91. The number of benzene rings is 1. The molecule has 5 heteroatoms. The molecule has 0 bridgehead atoms. The summed E-state index contributed by atoms with van der Waals surface area (Å²) in [4.78, 5) is 13.5. The molecule has 0 aliphatic rings. The van der Waals surface area contributed by atoms with Gasteiger partial charge in [0.15, 0.2) is 5.82 Å². The molecule has 122 valence electrons. The van der Waals surface area contributed by atoms with E-state index < -0.39 is 0 Å². The van der Waals surface area contributed by atoms with Gasteiger partial charge in [-0.15, -0.1) is 0 Å². The molecule has 25 heavy (non-hydrogen) atoms. The summed E-state index contributed by atoms with van der Waals surface area (Å²) < 4.78 is 3.88. The van der Waals surface area contributed by atoms with Crippen molar-refractivity contribution in [2.75, 3.05) is 0 Å². The van der Waals surface area contributed by atoms with E-state index in [2.05, 4.69) is 26.8 Å². The fraction of sp³-hybridized carbons (Fsp3) is 0.150. The van der Waals surface area contributed by atoms with Gasteiger partial charge < -0.3 is 4.57 Å². The predicted octanol–water partition coefficient (Wildman–Crippen LogP) is 3.15. The molecule has 0 spiro atoms. The molecule has 0 saturated heterocycles. The number of imidazole rings is 2. The van der Waals surface area contributed by atoms with Crippen LogP contribution in [0.15, 0.2) is 48.8 Å². The lowest BCUT2D eigenvalue weighted by atomic mass is 10.2. The van der Waals surface area contributed by atoms with Gasteiger partial charge in [0.05, 0.1) is 5.69 Å². The van der Waals surface area contributed by atoms with Crippen LogP contribution in [0.1, 0.15) is 22.9 Å². The summed E-state index contributed by atoms with van der Waals surface area (Å²) in [5, 5.41) is 0. The van der Waals surface area contributed by atoms with Gasteiger partial charge in [-0.2, -0.15) is 0 Å². The fourth-order valence-corrected chi connectivity index (χ4v) is 2.78. The monoisotopic (exact) mass is 327 g/mol. The molecule has 4 aromatic rings. The molecule has 0 unspecified atom stereocenters. The maximum Gasteiger partial charge on any atom is 0.235 e. The van der Waals surface area contributed by atoms with E-state index in [1.807, 2.05) is 78.7 Å². The molecule has 3 aromatic heterocycles. The summed E-state index contributed by atoms with van der Waals surface area (Å²) in [6, 6.07) is 12.1. The van der Waals surface area contributed by atoms with Crippen molar-refractivity contribution in [3.63, 3.8) is 0 Å². The molecule has 4 rings (SSSR count). The maximum absolute atomic E-state index is 4.62. The van der Waals surface area contributed by atoms with Crippen LogP contribution >= 0.6 is 0 Å². The molecule has 0 aliphatic heterocycles. The largest absolute Gasteiger partial charge is 0.327 e. The number of fused-ring (bicyclic) bond motifs is 1. The molecular weight excluding hydrogens is 310 g/mol. The highest BCUT2D eigenvalue weighted by atomic mass is 15.1. The van der Waals surface area contributed by atoms with Crippen LogP contribution < -0.4 is 0 Å². The number of hydrogen-bond acceptors (Lipinski definition) is 3. The molecule has 0 saturated carbocycles. The minimum Gasteiger partial charge on any atom is -0.327 e. The van der Waals surface area contributed by atoms with E-state index in [-0.39, 0.29) is 0 Å². The van der Waals surface area contributed by atoms with Crippen molar-refractivity contribution in [2.24, 2.45) is 7.05 Å². The number of rotatable bonds is 1. The lowest BCUT2D eigenvalue weighted by Gasteiger charge is -1.98. The van der Waals surface area contributed by atoms with E-state index in [0.717, 1.165) is 22.6 Å². The zero-order chi connectivity index (χ0) is 17.4. The Labute approximate surface area is 146 Å². The number of nitrogens with zero attached hydrogens (tertiary/aromatic N) is 5. The van der Waals surface area contributed by atoms with E-state index in [9.17, 15) is 0 Å². The number of hydrogen-bond donors (Lipinski definition) is 0. The SMILES string of the molecule is Cc1cc(C)n2cc(C#Cc3nc(-c4ccccc4)cn3C)nc2n1. The molecule has 0 atom stereocenters. The third-order valence-electron chi connectivity index (χ3n) is 4.01. The Morgan fingerprint density at radius 3 is 2.52 bits per heavy atom. The Bertz CT molecular complexity index is 1120. The van der Waals surface area contributed by atoms with Crippen molar-refractivity contribution in [2.45, 2.75) is 13.8 Å². The van der Waals surface area contributed by atoms with Crippen LogP contribution in [0.5, 0.6) is 0 Å². The van der Waals surface area contributed by atoms with Gasteiger partial charge >= 0.3 is 0 Å². The zero-order valence-corrected chi connectivity index (χ0v) is 14.4. The molecule has 0 N–H and O–H groups in total. The molecule has 1 aromatic carbocycles. The van der Waals surface area contributed by atoms with Crippen LogP contribution in [0.4, 0.5) is 0 Å². The van der Waals surface area contributed by atoms with Crippen LogP contribution in [-0.4, -0.2) is 23.9 Å². The summed E-state index contributed by atoms with van der Waals surface area (Å²) in [7, 11) is 1.95. The van der Waals surface area contributed by atoms with Crippen LogP contribution in [0.3, 0.4) is 0 Å². The predicted molar refractivity (Wildman–Crippen MR) is 97.1 cm³/mol. The summed E-state index contributed by atoms with van der Waals surface area (Å²) in [6.45, 7) is 4.00. The van der Waals surface area contributed by atoms with Crippen molar-refractivity contribution < 1.29 is 0 Å². The molecule has 5 nitrogen and oxygen atoms in total. The highest BCUT2D eigenvalue weighted by Crippen LogP contribution is 2.17. The second-order valence-electron chi connectivity index (χ2n) is 6.01. The third-order valence-corrected chi connectivity index (χ3v) is 4.01. The molecule has 0 radical (unpaired) electrons. The first-order valence-corrected chi connectivity index (χ1v) is 8.04. The van der Waals surface area contributed by atoms with Gasteiger partial charge in [-0.25, -0.2) is 15.0 Å². The zero-order valence-electron chi connectivity index (χ0n) is 14.4. The Morgan fingerprint density at radius 2 is 1.72 bits per heavy atom. The van der Waals surface area contributed by atoms with E-state index in [1.54, 1.807) is 0 Å². The van der Waals surface area contributed by atoms with E-state index in [0.29, 0.717) is 17.3 Å². The minimum atomic E-state index is 0.673. The van der Waals surface area contributed by atoms with Crippen LogP contribution in [0.2, 0.25) is 0 Å². The van der Waals surface area contributed by atoms with Gasteiger partial charge in [0, 0.05) is 36.4 Å². The number of aromatic nitrogens is 5. The first kappa shape index (κ1) is 15.2. The highest BCUT2D eigenvalue weighted by molar-refractivity contribution is 5.59. The van der Waals surface area contributed by atoms with Gasteiger partial charge in [0.2, 0.25) is 5.78 Å².